The Kier molecular flexibility index (Phi) is 4.22. The molecule has 7 heteroatoms. The summed E-state index contributed by atoms with van der Waals surface area (Å²) in [6, 6.07) is 12.8. The lowest BCUT2D eigenvalue weighted by Gasteiger charge is -2.12. The largest absolute Gasteiger partial charge is 0.459 e. The van der Waals surface area contributed by atoms with Crippen LogP contribution in [-0.4, -0.2) is 10.8 Å². The molecular weight excluding hydrogens is 332 g/mol. The van der Waals surface area contributed by atoms with E-state index in [1.165, 1.54) is 12.1 Å². The molecule has 1 heterocycles. The SMILES string of the molecule is C[C@H](NC(=O)c1ccc([N+](=O)[O-])cc1Cl)c1cc2ccccc2o1. The third-order valence-electron chi connectivity index (χ3n) is 3.63. The fraction of sp³-hybridized carbons (Fsp3) is 0.118. The van der Waals surface area contributed by atoms with Gasteiger partial charge in [-0.3, -0.25) is 14.9 Å². The second-order valence-electron chi connectivity index (χ2n) is 5.30. The molecule has 0 unspecified atom stereocenters. The lowest BCUT2D eigenvalue weighted by Crippen LogP contribution is -2.26. The number of non-ortho nitro benzene ring substituents is 1. The smallest absolute Gasteiger partial charge is 0.270 e. The van der Waals surface area contributed by atoms with E-state index in [0.717, 1.165) is 17.0 Å². The lowest BCUT2D eigenvalue weighted by atomic mass is 10.1. The molecule has 0 bridgehead atoms. The van der Waals surface area contributed by atoms with Gasteiger partial charge in [-0.1, -0.05) is 29.8 Å². The van der Waals surface area contributed by atoms with Crippen molar-refractivity contribution in [3.63, 3.8) is 0 Å². The molecule has 0 spiro atoms. The lowest BCUT2D eigenvalue weighted by molar-refractivity contribution is -0.384. The van der Waals surface area contributed by atoms with E-state index in [4.69, 9.17) is 16.0 Å². The highest BCUT2D eigenvalue weighted by Crippen LogP contribution is 2.26. The van der Waals surface area contributed by atoms with Crippen molar-refractivity contribution in [2.75, 3.05) is 0 Å². The molecule has 1 aromatic heterocycles. The van der Waals surface area contributed by atoms with Crippen LogP contribution in [0.15, 0.2) is 52.9 Å². The molecule has 0 aliphatic rings. The second kappa shape index (κ2) is 6.33. The Hall–Kier alpha value is -2.86. The van der Waals surface area contributed by atoms with E-state index in [9.17, 15) is 14.9 Å². The fourth-order valence-corrected chi connectivity index (χ4v) is 2.62. The van der Waals surface area contributed by atoms with E-state index < -0.39 is 10.8 Å². The molecule has 1 N–H and O–H groups in total. The molecule has 0 aliphatic carbocycles. The minimum Gasteiger partial charge on any atom is -0.459 e. The van der Waals surface area contributed by atoms with Crippen LogP contribution in [0.2, 0.25) is 5.02 Å². The standard InChI is InChI=1S/C17H13ClN2O4/c1-10(16-8-11-4-2-3-5-15(11)24-16)19-17(21)13-7-6-12(20(22)23)9-14(13)18/h2-10H,1H3,(H,19,21)/t10-/m0/s1. The van der Waals surface area contributed by atoms with Gasteiger partial charge in [-0.2, -0.15) is 0 Å². The highest BCUT2D eigenvalue weighted by molar-refractivity contribution is 6.34. The third kappa shape index (κ3) is 3.09. The summed E-state index contributed by atoms with van der Waals surface area (Å²) in [5.41, 5.74) is 0.745. The van der Waals surface area contributed by atoms with Crippen molar-refractivity contribution in [1.29, 1.82) is 0 Å². The first-order valence-corrected chi connectivity index (χ1v) is 7.57. The molecule has 24 heavy (non-hydrogen) atoms. The summed E-state index contributed by atoms with van der Waals surface area (Å²) in [5, 5.41) is 14.5. The van der Waals surface area contributed by atoms with Crippen LogP contribution >= 0.6 is 11.6 Å². The first kappa shape index (κ1) is 16.0. The van der Waals surface area contributed by atoms with Gasteiger partial charge < -0.3 is 9.73 Å². The number of hydrogen-bond acceptors (Lipinski definition) is 4. The number of amides is 1. The third-order valence-corrected chi connectivity index (χ3v) is 3.94. The number of benzene rings is 2. The summed E-state index contributed by atoms with van der Waals surface area (Å²) in [4.78, 5) is 22.5. The number of fused-ring (bicyclic) bond motifs is 1. The van der Waals surface area contributed by atoms with Gasteiger partial charge in [-0.25, -0.2) is 0 Å². The van der Waals surface area contributed by atoms with E-state index in [-0.39, 0.29) is 22.3 Å². The summed E-state index contributed by atoms with van der Waals surface area (Å²) < 4.78 is 5.71. The van der Waals surface area contributed by atoms with Crippen molar-refractivity contribution < 1.29 is 14.1 Å². The Morgan fingerprint density at radius 1 is 1.25 bits per heavy atom. The van der Waals surface area contributed by atoms with Gasteiger partial charge in [0, 0.05) is 17.5 Å². The molecule has 0 saturated carbocycles. The second-order valence-corrected chi connectivity index (χ2v) is 5.71. The highest BCUT2D eigenvalue weighted by Gasteiger charge is 2.19. The number of nitro groups is 1. The number of carbonyl (C=O) groups excluding carboxylic acids is 1. The molecular formula is C17H13ClN2O4. The molecule has 0 fully saturated rings. The zero-order valence-corrected chi connectivity index (χ0v) is 13.4. The summed E-state index contributed by atoms with van der Waals surface area (Å²) in [6.45, 7) is 1.79. The molecule has 0 aliphatic heterocycles. The average molecular weight is 345 g/mol. The summed E-state index contributed by atoms with van der Waals surface area (Å²) in [7, 11) is 0. The van der Waals surface area contributed by atoms with E-state index in [1.807, 2.05) is 30.3 Å². The van der Waals surface area contributed by atoms with Gasteiger partial charge in [-0.15, -0.1) is 0 Å². The van der Waals surface area contributed by atoms with Crippen LogP contribution in [0.25, 0.3) is 11.0 Å². The number of nitrogens with one attached hydrogen (secondary N) is 1. The Morgan fingerprint density at radius 2 is 2.00 bits per heavy atom. The van der Waals surface area contributed by atoms with Crippen LogP contribution in [0.1, 0.15) is 29.1 Å². The Morgan fingerprint density at radius 3 is 2.67 bits per heavy atom. The van der Waals surface area contributed by atoms with Crippen molar-refractivity contribution >= 4 is 34.2 Å². The molecule has 3 rings (SSSR count). The van der Waals surface area contributed by atoms with E-state index in [2.05, 4.69) is 5.32 Å². The van der Waals surface area contributed by atoms with Gasteiger partial charge in [0.1, 0.15) is 11.3 Å². The van der Waals surface area contributed by atoms with Gasteiger partial charge in [0.15, 0.2) is 0 Å². The topological polar surface area (TPSA) is 85.4 Å². The van der Waals surface area contributed by atoms with Crippen molar-refractivity contribution in [2.45, 2.75) is 13.0 Å². The highest BCUT2D eigenvalue weighted by atomic mass is 35.5. The van der Waals surface area contributed by atoms with Gasteiger partial charge in [0.2, 0.25) is 0 Å². The molecule has 0 saturated heterocycles. The van der Waals surface area contributed by atoms with E-state index in [1.54, 1.807) is 6.92 Å². The van der Waals surface area contributed by atoms with Crippen molar-refractivity contribution in [1.82, 2.24) is 5.32 Å². The van der Waals surface area contributed by atoms with Gasteiger partial charge >= 0.3 is 0 Å². The monoisotopic (exact) mass is 344 g/mol. The van der Waals surface area contributed by atoms with Crippen LogP contribution in [0.4, 0.5) is 5.69 Å². The Bertz CT molecular complexity index is 902. The number of para-hydroxylation sites is 1. The van der Waals surface area contributed by atoms with Crippen LogP contribution in [-0.2, 0) is 0 Å². The van der Waals surface area contributed by atoms with Crippen molar-refractivity contribution in [3.8, 4) is 0 Å². The number of carbonyl (C=O) groups is 1. The maximum Gasteiger partial charge on any atom is 0.270 e. The maximum absolute atomic E-state index is 12.3. The predicted molar refractivity (Wildman–Crippen MR) is 90.2 cm³/mol. The Labute approximate surface area is 142 Å². The number of rotatable bonds is 4. The minimum absolute atomic E-state index is 0.0264. The van der Waals surface area contributed by atoms with Crippen molar-refractivity contribution in [3.05, 3.63) is 75.0 Å². The molecule has 1 amide bonds. The summed E-state index contributed by atoms with van der Waals surface area (Å²) in [6.07, 6.45) is 0. The average Bonchev–Trinajstić information content (AvgIpc) is 2.98. The zero-order chi connectivity index (χ0) is 17.3. The number of nitrogens with zero attached hydrogens (tertiary/aromatic N) is 1. The van der Waals surface area contributed by atoms with Gasteiger partial charge in [0.05, 0.1) is 21.6 Å². The maximum atomic E-state index is 12.3. The van der Waals surface area contributed by atoms with E-state index in [0.29, 0.717) is 5.76 Å². The van der Waals surface area contributed by atoms with Gasteiger partial charge in [-0.05, 0) is 25.1 Å². The summed E-state index contributed by atoms with van der Waals surface area (Å²) >= 11 is 5.97. The predicted octanol–water partition coefficient (Wildman–Crippen LogP) is 4.49. The first-order chi connectivity index (χ1) is 11.5. The van der Waals surface area contributed by atoms with Crippen LogP contribution < -0.4 is 5.32 Å². The van der Waals surface area contributed by atoms with Crippen LogP contribution in [0.5, 0.6) is 0 Å². The normalized spacial score (nSPS) is 12.1. The van der Waals surface area contributed by atoms with Gasteiger partial charge in [0.25, 0.3) is 11.6 Å². The van der Waals surface area contributed by atoms with Crippen molar-refractivity contribution in [2.24, 2.45) is 0 Å². The first-order valence-electron chi connectivity index (χ1n) is 7.19. The molecule has 3 aromatic rings. The molecule has 122 valence electrons. The zero-order valence-electron chi connectivity index (χ0n) is 12.7. The van der Waals surface area contributed by atoms with Crippen LogP contribution in [0.3, 0.4) is 0 Å². The molecule has 1 atom stereocenters. The Balaban J connectivity index is 1.80. The number of nitro benzene ring substituents is 1. The quantitative estimate of drug-likeness (QED) is 0.558. The fourth-order valence-electron chi connectivity index (χ4n) is 2.36. The number of halogens is 1. The number of hydrogen-bond donors (Lipinski definition) is 1. The number of furan rings is 1. The molecule has 0 radical (unpaired) electrons. The summed E-state index contributed by atoms with van der Waals surface area (Å²) in [5.74, 6) is 0.186. The molecule has 2 aromatic carbocycles. The molecule has 6 nitrogen and oxygen atoms in total. The van der Waals surface area contributed by atoms with E-state index >= 15 is 0 Å². The van der Waals surface area contributed by atoms with Crippen LogP contribution in [0, 0.1) is 10.1 Å². The minimum atomic E-state index is -0.565.